The van der Waals surface area contributed by atoms with Crippen molar-refractivity contribution in [2.75, 3.05) is 43.4 Å². The molecule has 1 aromatic heterocycles. The van der Waals surface area contributed by atoms with E-state index in [1.807, 2.05) is 4.90 Å². The van der Waals surface area contributed by atoms with Crippen molar-refractivity contribution in [3.63, 3.8) is 0 Å². The van der Waals surface area contributed by atoms with Crippen LogP contribution in [-0.4, -0.2) is 60.2 Å². The smallest absolute Gasteiger partial charge is 0.289 e. The van der Waals surface area contributed by atoms with Gasteiger partial charge in [-0.15, -0.1) is 0 Å². The molecule has 0 saturated carbocycles. The lowest BCUT2D eigenvalue weighted by atomic mass is 10.1. The zero-order valence-corrected chi connectivity index (χ0v) is 18.7. The van der Waals surface area contributed by atoms with Gasteiger partial charge >= 0.3 is 0 Å². The van der Waals surface area contributed by atoms with E-state index in [0.717, 1.165) is 0 Å². The third-order valence-corrected chi connectivity index (χ3v) is 5.53. The number of halogens is 1. The van der Waals surface area contributed by atoms with Crippen molar-refractivity contribution >= 4 is 29.1 Å². The molecule has 1 aliphatic heterocycles. The number of para-hydroxylation sites is 1. The van der Waals surface area contributed by atoms with Crippen LogP contribution in [0.15, 0.2) is 65.1 Å². The van der Waals surface area contributed by atoms with Gasteiger partial charge in [0.15, 0.2) is 5.76 Å². The van der Waals surface area contributed by atoms with E-state index in [4.69, 9.17) is 4.42 Å². The molecular formula is C25H25FN4O4. The maximum atomic E-state index is 13.1. The first-order valence-corrected chi connectivity index (χ1v) is 10.9. The van der Waals surface area contributed by atoms with Gasteiger partial charge in [0.25, 0.3) is 11.8 Å². The molecule has 2 aromatic carbocycles. The second kappa shape index (κ2) is 10.3. The van der Waals surface area contributed by atoms with Gasteiger partial charge in [-0.25, -0.2) is 4.39 Å². The third kappa shape index (κ3) is 5.68. The Morgan fingerprint density at radius 2 is 1.62 bits per heavy atom. The van der Waals surface area contributed by atoms with Crippen molar-refractivity contribution < 1.29 is 23.2 Å². The van der Waals surface area contributed by atoms with Crippen LogP contribution in [0.4, 0.5) is 15.8 Å². The van der Waals surface area contributed by atoms with E-state index >= 15 is 0 Å². The van der Waals surface area contributed by atoms with E-state index in [-0.39, 0.29) is 18.4 Å². The van der Waals surface area contributed by atoms with E-state index < -0.39 is 11.7 Å². The number of amides is 3. The van der Waals surface area contributed by atoms with Crippen LogP contribution in [0.25, 0.3) is 0 Å². The Morgan fingerprint density at radius 3 is 2.29 bits per heavy atom. The van der Waals surface area contributed by atoms with Gasteiger partial charge < -0.3 is 20.0 Å². The molecule has 9 heteroatoms. The molecule has 0 spiro atoms. The lowest BCUT2D eigenvalue weighted by molar-refractivity contribution is -0.117. The summed E-state index contributed by atoms with van der Waals surface area (Å²) in [5, 5.41) is 5.50. The first kappa shape index (κ1) is 23.2. The fourth-order valence-electron chi connectivity index (χ4n) is 3.73. The molecule has 2 heterocycles. The van der Waals surface area contributed by atoms with Crippen molar-refractivity contribution in [1.29, 1.82) is 0 Å². The zero-order chi connectivity index (χ0) is 24.1. The number of aryl methyl sites for hydroxylation is 1. The van der Waals surface area contributed by atoms with Crippen molar-refractivity contribution in [1.82, 2.24) is 9.80 Å². The third-order valence-electron chi connectivity index (χ3n) is 5.53. The number of anilines is 2. The van der Waals surface area contributed by atoms with E-state index in [1.54, 1.807) is 48.2 Å². The number of nitrogens with one attached hydrogen (secondary N) is 2. The highest BCUT2D eigenvalue weighted by Crippen LogP contribution is 2.18. The Labute approximate surface area is 196 Å². The molecule has 0 unspecified atom stereocenters. The van der Waals surface area contributed by atoms with Gasteiger partial charge in [0.05, 0.1) is 17.8 Å². The highest BCUT2D eigenvalue weighted by molar-refractivity contribution is 6.10. The number of carbonyl (C=O) groups is 3. The summed E-state index contributed by atoms with van der Waals surface area (Å²) >= 11 is 0. The number of nitrogens with zero attached hydrogens (tertiary/aromatic N) is 2. The Hall–Kier alpha value is -3.98. The monoisotopic (exact) mass is 464 g/mol. The Bertz CT molecular complexity index is 1180. The lowest BCUT2D eigenvalue weighted by Crippen LogP contribution is -2.50. The van der Waals surface area contributed by atoms with Crippen LogP contribution in [0.2, 0.25) is 0 Å². The summed E-state index contributed by atoms with van der Waals surface area (Å²) < 4.78 is 18.5. The molecule has 3 amide bonds. The molecule has 1 saturated heterocycles. The van der Waals surface area contributed by atoms with E-state index in [9.17, 15) is 18.8 Å². The molecule has 176 valence electrons. The van der Waals surface area contributed by atoms with Gasteiger partial charge in [-0.3, -0.25) is 19.3 Å². The molecule has 1 fully saturated rings. The van der Waals surface area contributed by atoms with Gasteiger partial charge in [-0.2, -0.15) is 0 Å². The minimum absolute atomic E-state index is 0.135. The predicted octanol–water partition coefficient (Wildman–Crippen LogP) is 3.38. The van der Waals surface area contributed by atoms with Gasteiger partial charge in [0.2, 0.25) is 5.91 Å². The zero-order valence-electron chi connectivity index (χ0n) is 18.7. The summed E-state index contributed by atoms with van der Waals surface area (Å²) in [6.07, 6.45) is 0. The first-order valence-electron chi connectivity index (χ1n) is 10.9. The second-order valence-electron chi connectivity index (χ2n) is 8.03. The van der Waals surface area contributed by atoms with Crippen molar-refractivity contribution in [3.05, 3.63) is 83.6 Å². The average molecular weight is 464 g/mol. The fourth-order valence-corrected chi connectivity index (χ4v) is 3.73. The van der Waals surface area contributed by atoms with E-state index in [0.29, 0.717) is 54.6 Å². The number of furan rings is 1. The van der Waals surface area contributed by atoms with Crippen LogP contribution < -0.4 is 10.6 Å². The van der Waals surface area contributed by atoms with Crippen LogP contribution in [0.5, 0.6) is 0 Å². The molecular weight excluding hydrogens is 439 g/mol. The predicted molar refractivity (Wildman–Crippen MR) is 125 cm³/mol. The summed E-state index contributed by atoms with van der Waals surface area (Å²) in [6.45, 7) is 4.00. The van der Waals surface area contributed by atoms with Crippen LogP contribution >= 0.6 is 0 Å². The molecule has 34 heavy (non-hydrogen) atoms. The maximum Gasteiger partial charge on any atom is 0.289 e. The molecule has 3 aromatic rings. The second-order valence-corrected chi connectivity index (χ2v) is 8.03. The average Bonchev–Trinajstić information content (AvgIpc) is 3.27. The summed E-state index contributed by atoms with van der Waals surface area (Å²) in [5.74, 6) is -0.221. The number of hydrogen-bond acceptors (Lipinski definition) is 5. The molecule has 1 aliphatic rings. The minimum atomic E-state index is -0.414. The number of benzene rings is 2. The van der Waals surface area contributed by atoms with Gasteiger partial charge in [-0.1, -0.05) is 12.1 Å². The molecule has 0 bridgehead atoms. The molecule has 0 aliphatic carbocycles. The van der Waals surface area contributed by atoms with Gasteiger partial charge in [0, 0.05) is 31.9 Å². The maximum absolute atomic E-state index is 13.1. The van der Waals surface area contributed by atoms with Gasteiger partial charge in [-0.05, 0) is 55.5 Å². The highest BCUT2D eigenvalue weighted by atomic mass is 19.1. The van der Waals surface area contributed by atoms with Crippen LogP contribution in [0, 0.1) is 12.7 Å². The Morgan fingerprint density at radius 1 is 0.912 bits per heavy atom. The highest BCUT2D eigenvalue weighted by Gasteiger charge is 2.25. The topological polar surface area (TPSA) is 94.9 Å². The molecule has 4 rings (SSSR count). The quantitative estimate of drug-likeness (QED) is 0.583. The number of hydrogen-bond donors (Lipinski definition) is 2. The van der Waals surface area contributed by atoms with E-state index in [2.05, 4.69) is 10.6 Å². The van der Waals surface area contributed by atoms with Crippen molar-refractivity contribution in [3.8, 4) is 0 Å². The summed E-state index contributed by atoms with van der Waals surface area (Å²) in [7, 11) is 0. The van der Waals surface area contributed by atoms with Crippen LogP contribution in [0.1, 0.15) is 26.7 Å². The fraction of sp³-hybridized carbons (Fsp3) is 0.240. The Kier molecular flexibility index (Phi) is 7.03. The summed E-state index contributed by atoms with van der Waals surface area (Å²) in [6, 6.07) is 15.6. The summed E-state index contributed by atoms with van der Waals surface area (Å²) in [4.78, 5) is 41.5. The summed E-state index contributed by atoms with van der Waals surface area (Å²) in [5.41, 5.74) is 1.13. The number of piperazine rings is 1. The molecule has 0 atom stereocenters. The molecule has 8 nitrogen and oxygen atoms in total. The van der Waals surface area contributed by atoms with Crippen LogP contribution in [-0.2, 0) is 4.79 Å². The number of carbonyl (C=O) groups excluding carboxylic acids is 3. The van der Waals surface area contributed by atoms with Crippen molar-refractivity contribution in [2.45, 2.75) is 6.92 Å². The lowest BCUT2D eigenvalue weighted by Gasteiger charge is -2.33. The largest absolute Gasteiger partial charge is 0.456 e. The normalized spacial score (nSPS) is 14.0. The minimum Gasteiger partial charge on any atom is -0.456 e. The van der Waals surface area contributed by atoms with Crippen LogP contribution in [0.3, 0.4) is 0 Å². The molecule has 0 radical (unpaired) electrons. The Balaban J connectivity index is 1.31. The SMILES string of the molecule is Cc1ccc(C(=O)N2CCN(CC(=O)Nc3ccccc3C(=O)Nc3ccc(F)cc3)CC2)o1. The first-order chi connectivity index (χ1) is 16.4. The van der Waals surface area contributed by atoms with Crippen molar-refractivity contribution in [2.24, 2.45) is 0 Å². The number of rotatable bonds is 6. The standard InChI is InChI=1S/C25H25FN4O4/c1-17-6-11-22(34-17)25(33)30-14-12-29(13-15-30)16-23(31)28-21-5-3-2-4-20(21)24(32)27-19-9-7-18(26)8-10-19/h2-11H,12-16H2,1H3,(H,27,32)(H,28,31). The molecule has 2 N–H and O–H groups in total. The van der Waals surface area contributed by atoms with E-state index in [1.165, 1.54) is 24.3 Å². The van der Waals surface area contributed by atoms with Gasteiger partial charge in [0.1, 0.15) is 11.6 Å².